The van der Waals surface area contributed by atoms with Gasteiger partial charge in [0.2, 0.25) is 5.91 Å². The normalized spacial score (nSPS) is 16.2. The Morgan fingerprint density at radius 2 is 2.00 bits per heavy atom. The summed E-state index contributed by atoms with van der Waals surface area (Å²) in [7, 11) is -2.47. The molecular weight excluding hydrogens is 432 g/mol. The van der Waals surface area contributed by atoms with E-state index in [1.54, 1.807) is 17.0 Å². The molecule has 1 atom stereocenters. The van der Waals surface area contributed by atoms with Crippen molar-refractivity contribution in [2.24, 2.45) is 0 Å². The maximum absolute atomic E-state index is 13.2. The fourth-order valence-corrected chi connectivity index (χ4v) is 5.44. The van der Waals surface area contributed by atoms with Crippen LogP contribution in [0.3, 0.4) is 0 Å². The van der Waals surface area contributed by atoms with E-state index in [4.69, 9.17) is 4.74 Å². The van der Waals surface area contributed by atoms with E-state index in [9.17, 15) is 13.2 Å². The van der Waals surface area contributed by atoms with Gasteiger partial charge in [-0.05, 0) is 55.7 Å². The number of fused-ring (bicyclic) bond motifs is 1. The van der Waals surface area contributed by atoms with Crippen LogP contribution in [0.1, 0.15) is 25.0 Å². The van der Waals surface area contributed by atoms with Crippen molar-refractivity contribution in [1.29, 1.82) is 0 Å². The Hall–Kier alpha value is -2.06. The Morgan fingerprint density at radius 1 is 1.30 bits per heavy atom. The van der Waals surface area contributed by atoms with Crippen molar-refractivity contribution in [3.63, 3.8) is 0 Å². The molecular formula is C19H21BrN2O4S. The monoisotopic (exact) mass is 452 g/mol. The highest BCUT2D eigenvalue weighted by Crippen LogP contribution is 2.41. The zero-order valence-electron chi connectivity index (χ0n) is 15.5. The molecule has 1 aliphatic heterocycles. The molecule has 1 heterocycles. The molecule has 2 aromatic carbocycles. The molecule has 6 nitrogen and oxygen atoms in total. The molecule has 0 bridgehead atoms. The maximum atomic E-state index is 13.2. The Morgan fingerprint density at radius 3 is 2.63 bits per heavy atom. The number of anilines is 2. The standard InChI is InChI=1S/C19H21BrN2O4S/c1-11-5-6-17(26-4)16(7-11)21-27(24,25)18-10-15(20)9-14-8-12(2)22(13(3)23)19(14)18/h5-7,9-10,12,21H,8H2,1-4H3. The number of ether oxygens (including phenoxy) is 1. The highest BCUT2D eigenvalue weighted by Gasteiger charge is 2.35. The second-order valence-electron chi connectivity index (χ2n) is 6.66. The van der Waals surface area contributed by atoms with Gasteiger partial charge in [0.25, 0.3) is 10.0 Å². The van der Waals surface area contributed by atoms with Gasteiger partial charge < -0.3 is 9.64 Å². The van der Waals surface area contributed by atoms with Crippen LogP contribution in [-0.2, 0) is 21.2 Å². The van der Waals surface area contributed by atoms with E-state index in [2.05, 4.69) is 20.7 Å². The number of rotatable bonds is 4. The quantitative estimate of drug-likeness (QED) is 0.763. The minimum absolute atomic E-state index is 0.0648. The summed E-state index contributed by atoms with van der Waals surface area (Å²) in [5.41, 5.74) is 2.51. The lowest BCUT2D eigenvalue weighted by Crippen LogP contribution is -2.34. The maximum Gasteiger partial charge on any atom is 0.264 e. The zero-order chi connectivity index (χ0) is 19.9. The van der Waals surface area contributed by atoms with Crippen LogP contribution < -0.4 is 14.4 Å². The summed E-state index contributed by atoms with van der Waals surface area (Å²) in [6, 6.07) is 8.54. The van der Waals surface area contributed by atoms with Crippen molar-refractivity contribution in [3.8, 4) is 5.75 Å². The molecule has 1 unspecified atom stereocenters. The number of methoxy groups -OCH3 is 1. The molecule has 0 saturated carbocycles. The number of nitrogens with one attached hydrogen (secondary N) is 1. The number of carbonyl (C=O) groups is 1. The predicted octanol–water partition coefficient (Wildman–Crippen LogP) is 3.86. The summed E-state index contributed by atoms with van der Waals surface area (Å²) in [5, 5.41) is 0. The van der Waals surface area contributed by atoms with Gasteiger partial charge in [-0.1, -0.05) is 22.0 Å². The number of nitrogens with zero attached hydrogens (tertiary/aromatic N) is 1. The van der Waals surface area contributed by atoms with E-state index in [0.717, 1.165) is 11.1 Å². The lowest BCUT2D eigenvalue weighted by molar-refractivity contribution is -0.116. The Balaban J connectivity index is 2.14. The van der Waals surface area contributed by atoms with Crippen LogP contribution >= 0.6 is 15.9 Å². The van der Waals surface area contributed by atoms with Gasteiger partial charge in [0.15, 0.2) is 0 Å². The second-order valence-corrected chi connectivity index (χ2v) is 9.23. The molecule has 0 spiro atoms. The van der Waals surface area contributed by atoms with Crippen LogP contribution in [0.15, 0.2) is 39.7 Å². The predicted molar refractivity (Wildman–Crippen MR) is 109 cm³/mol. The lowest BCUT2D eigenvalue weighted by atomic mass is 10.1. The van der Waals surface area contributed by atoms with Gasteiger partial charge in [0.1, 0.15) is 10.6 Å². The third-order valence-electron chi connectivity index (χ3n) is 4.54. The van der Waals surface area contributed by atoms with Gasteiger partial charge in [-0.25, -0.2) is 8.42 Å². The van der Waals surface area contributed by atoms with E-state index < -0.39 is 10.0 Å². The van der Waals surface area contributed by atoms with E-state index in [1.807, 2.05) is 26.0 Å². The Kier molecular flexibility index (Phi) is 5.22. The number of benzene rings is 2. The minimum Gasteiger partial charge on any atom is -0.495 e. The molecule has 0 saturated heterocycles. The van der Waals surface area contributed by atoms with Crippen LogP contribution in [0.25, 0.3) is 0 Å². The highest BCUT2D eigenvalue weighted by atomic mass is 79.9. The van der Waals surface area contributed by atoms with E-state index in [-0.39, 0.29) is 16.8 Å². The lowest BCUT2D eigenvalue weighted by Gasteiger charge is -2.23. The molecule has 1 N–H and O–H groups in total. The van der Waals surface area contributed by atoms with Crippen LogP contribution in [0.4, 0.5) is 11.4 Å². The van der Waals surface area contributed by atoms with Crippen LogP contribution in [0.5, 0.6) is 5.75 Å². The molecule has 1 aliphatic rings. The van der Waals surface area contributed by atoms with Crippen molar-refractivity contribution in [3.05, 3.63) is 45.9 Å². The summed E-state index contributed by atoms with van der Waals surface area (Å²) >= 11 is 3.39. The van der Waals surface area contributed by atoms with E-state index in [1.165, 1.54) is 20.1 Å². The van der Waals surface area contributed by atoms with Crippen LogP contribution in [-0.4, -0.2) is 27.5 Å². The number of sulfonamides is 1. The second kappa shape index (κ2) is 7.16. The molecule has 0 aromatic heterocycles. The van der Waals surface area contributed by atoms with E-state index >= 15 is 0 Å². The molecule has 8 heteroatoms. The number of hydrogen-bond acceptors (Lipinski definition) is 4. The molecule has 0 radical (unpaired) electrons. The SMILES string of the molecule is COc1ccc(C)cc1NS(=O)(=O)c1cc(Br)cc2c1N(C(C)=O)C(C)C2. The van der Waals surface area contributed by atoms with Crippen molar-refractivity contribution in [2.45, 2.75) is 38.1 Å². The molecule has 3 rings (SSSR count). The van der Waals surface area contributed by atoms with Crippen molar-refractivity contribution >= 4 is 43.2 Å². The molecule has 0 aliphatic carbocycles. The first-order valence-electron chi connectivity index (χ1n) is 8.43. The van der Waals surface area contributed by atoms with Crippen LogP contribution in [0, 0.1) is 6.92 Å². The van der Waals surface area contributed by atoms with Gasteiger partial charge in [0.05, 0.1) is 18.5 Å². The van der Waals surface area contributed by atoms with E-state index in [0.29, 0.717) is 28.0 Å². The molecule has 1 amide bonds. The van der Waals surface area contributed by atoms with Crippen LogP contribution in [0.2, 0.25) is 0 Å². The van der Waals surface area contributed by atoms with Gasteiger partial charge in [-0.3, -0.25) is 9.52 Å². The number of amides is 1. The molecule has 27 heavy (non-hydrogen) atoms. The average molecular weight is 453 g/mol. The zero-order valence-corrected chi connectivity index (χ0v) is 17.9. The number of carbonyl (C=O) groups excluding carboxylic acids is 1. The molecule has 2 aromatic rings. The van der Waals surface area contributed by atoms with Gasteiger partial charge in [0, 0.05) is 17.4 Å². The van der Waals surface area contributed by atoms with Crippen molar-refractivity contribution < 1.29 is 17.9 Å². The van der Waals surface area contributed by atoms with Gasteiger partial charge in [-0.2, -0.15) is 0 Å². The molecule has 0 fully saturated rings. The minimum atomic E-state index is -3.95. The smallest absolute Gasteiger partial charge is 0.264 e. The Bertz CT molecular complexity index is 1020. The Labute approximate surface area is 167 Å². The van der Waals surface area contributed by atoms with Crippen molar-refractivity contribution in [2.75, 3.05) is 16.7 Å². The average Bonchev–Trinajstić information content (AvgIpc) is 2.89. The first kappa shape index (κ1) is 19.7. The van der Waals surface area contributed by atoms with Gasteiger partial charge >= 0.3 is 0 Å². The first-order chi connectivity index (χ1) is 12.6. The third kappa shape index (κ3) is 3.68. The summed E-state index contributed by atoms with van der Waals surface area (Å²) in [5.74, 6) is 0.237. The first-order valence-corrected chi connectivity index (χ1v) is 10.7. The number of aryl methyl sites for hydroxylation is 1. The topological polar surface area (TPSA) is 75.7 Å². The number of halogens is 1. The van der Waals surface area contributed by atoms with Gasteiger partial charge in [-0.15, -0.1) is 0 Å². The largest absolute Gasteiger partial charge is 0.495 e. The fraction of sp³-hybridized carbons (Fsp3) is 0.316. The summed E-state index contributed by atoms with van der Waals surface area (Å²) < 4.78 is 35.0. The summed E-state index contributed by atoms with van der Waals surface area (Å²) in [4.78, 5) is 13.8. The van der Waals surface area contributed by atoms with Crippen molar-refractivity contribution in [1.82, 2.24) is 0 Å². The molecule has 144 valence electrons. The highest BCUT2D eigenvalue weighted by molar-refractivity contribution is 9.10. The fourth-order valence-electron chi connectivity index (χ4n) is 3.46. The third-order valence-corrected chi connectivity index (χ3v) is 6.38. The number of hydrogen-bond donors (Lipinski definition) is 1. The summed E-state index contributed by atoms with van der Waals surface area (Å²) in [6.07, 6.45) is 0.602. The summed E-state index contributed by atoms with van der Waals surface area (Å²) in [6.45, 7) is 5.22.